The Labute approximate surface area is 157 Å². The number of urea groups is 1. The van der Waals surface area contributed by atoms with Crippen LogP contribution in [-0.4, -0.2) is 49.2 Å². The number of carbonyl (C=O) groups is 3. The van der Waals surface area contributed by atoms with Crippen LogP contribution in [0.1, 0.15) is 18.9 Å². The van der Waals surface area contributed by atoms with E-state index in [2.05, 4.69) is 10.6 Å². The van der Waals surface area contributed by atoms with Gasteiger partial charge in [-0.3, -0.25) is 4.79 Å². The van der Waals surface area contributed by atoms with Gasteiger partial charge in [0.1, 0.15) is 11.8 Å². The number of benzene rings is 1. The van der Waals surface area contributed by atoms with Gasteiger partial charge in [0.2, 0.25) is 0 Å². The summed E-state index contributed by atoms with van der Waals surface area (Å²) in [4.78, 5) is 35.6. The highest BCUT2D eigenvalue weighted by atomic mass is 32.2. The van der Waals surface area contributed by atoms with Crippen molar-refractivity contribution in [3.05, 3.63) is 23.8 Å². The number of nitrogens with two attached hydrogens (primary N) is 1. The number of methoxy groups -OCH3 is 1. The van der Waals surface area contributed by atoms with E-state index >= 15 is 0 Å². The number of primary amides is 1. The number of thioether (sulfide) groups is 1. The Morgan fingerprint density at radius 1 is 1.31 bits per heavy atom. The van der Waals surface area contributed by atoms with E-state index in [1.54, 1.807) is 12.1 Å². The molecular formula is C17H25N3O5S. The molecule has 0 aromatic heterocycles. The van der Waals surface area contributed by atoms with Crippen LogP contribution in [0.25, 0.3) is 0 Å². The Kier molecular flexibility index (Phi) is 8.77. The minimum atomic E-state index is -1.06. The lowest BCUT2D eigenvalue weighted by Crippen LogP contribution is -2.46. The number of ether oxygens (including phenoxy) is 2. The number of anilines is 1. The van der Waals surface area contributed by atoms with Crippen molar-refractivity contribution in [3.63, 3.8) is 0 Å². The fourth-order valence-electron chi connectivity index (χ4n) is 2.12. The molecule has 26 heavy (non-hydrogen) atoms. The van der Waals surface area contributed by atoms with Crippen LogP contribution in [0.3, 0.4) is 0 Å². The van der Waals surface area contributed by atoms with Crippen LogP contribution in [0.5, 0.6) is 5.75 Å². The molecule has 0 aliphatic carbocycles. The maximum Gasteiger partial charge on any atom is 0.329 e. The summed E-state index contributed by atoms with van der Waals surface area (Å²) in [6.07, 6.45) is 1.17. The molecule has 0 saturated heterocycles. The molecule has 9 heteroatoms. The Morgan fingerprint density at radius 2 is 2.00 bits per heavy atom. The molecule has 1 aromatic rings. The van der Waals surface area contributed by atoms with Gasteiger partial charge in [-0.25, -0.2) is 9.59 Å². The topological polar surface area (TPSA) is 120 Å². The number of nitrogens with one attached hydrogen (secondary N) is 2. The van der Waals surface area contributed by atoms with E-state index in [0.29, 0.717) is 23.6 Å². The second-order valence-corrected chi connectivity index (χ2v) is 6.60. The Bertz CT molecular complexity index is 653. The fourth-order valence-corrected chi connectivity index (χ4v) is 2.59. The van der Waals surface area contributed by atoms with Crippen molar-refractivity contribution in [1.29, 1.82) is 0 Å². The molecule has 2 atom stereocenters. The van der Waals surface area contributed by atoms with Crippen molar-refractivity contribution in [3.8, 4) is 5.75 Å². The largest absolute Gasteiger partial charge is 0.495 e. The van der Waals surface area contributed by atoms with Crippen LogP contribution in [-0.2, 0) is 14.3 Å². The fraction of sp³-hybridized carbons (Fsp3) is 0.471. The zero-order chi connectivity index (χ0) is 19.7. The Morgan fingerprint density at radius 3 is 2.58 bits per heavy atom. The average Bonchev–Trinajstić information content (AvgIpc) is 2.58. The molecule has 0 fully saturated rings. The van der Waals surface area contributed by atoms with Gasteiger partial charge in [0.15, 0.2) is 6.10 Å². The first-order chi connectivity index (χ1) is 12.3. The summed E-state index contributed by atoms with van der Waals surface area (Å²) in [5, 5.41) is 5.01. The molecule has 0 unspecified atom stereocenters. The van der Waals surface area contributed by atoms with Gasteiger partial charge in [-0.15, -0.1) is 0 Å². The van der Waals surface area contributed by atoms with Crippen molar-refractivity contribution >= 4 is 35.4 Å². The SMILES string of the molecule is COc1ccc(C)cc1NC(=O)[C@@H](C)OC(=O)[C@@H](CCSC)NC(N)=O. The van der Waals surface area contributed by atoms with Gasteiger partial charge in [-0.2, -0.15) is 11.8 Å². The van der Waals surface area contributed by atoms with Crippen LogP contribution in [0.2, 0.25) is 0 Å². The monoisotopic (exact) mass is 383 g/mol. The highest BCUT2D eigenvalue weighted by Crippen LogP contribution is 2.25. The van der Waals surface area contributed by atoms with Crippen LogP contribution in [0.15, 0.2) is 18.2 Å². The summed E-state index contributed by atoms with van der Waals surface area (Å²) < 4.78 is 10.4. The van der Waals surface area contributed by atoms with E-state index in [1.807, 2.05) is 19.2 Å². The summed E-state index contributed by atoms with van der Waals surface area (Å²) in [6.45, 7) is 3.33. The predicted octanol–water partition coefficient (Wildman–Crippen LogP) is 1.66. The molecule has 0 spiro atoms. The number of hydrogen-bond acceptors (Lipinski definition) is 6. The van der Waals surface area contributed by atoms with Gasteiger partial charge >= 0.3 is 12.0 Å². The van der Waals surface area contributed by atoms with Gasteiger partial charge < -0.3 is 25.8 Å². The van der Waals surface area contributed by atoms with Gasteiger partial charge in [0, 0.05) is 0 Å². The average molecular weight is 383 g/mol. The first-order valence-electron chi connectivity index (χ1n) is 7.99. The lowest BCUT2D eigenvalue weighted by Gasteiger charge is -2.20. The minimum Gasteiger partial charge on any atom is -0.495 e. The zero-order valence-electron chi connectivity index (χ0n) is 15.3. The van der Waals surface area contributed by atoms with Crippen LogP contribution >= 0.6 is 11.8 Å². The van der Waals surface area contributed by atoms with Crippen molar-refractivity contribution in [2.75, 3.05) is 24.4 Å². The number of carbonyl (C=O) groups excluding carboxylic acids is 3. The molecule has 8 nitrogen and oxygen atoms in total. The molecule has 4 N–H and O–H groups in total. The predicted molar refractivity (Wildman–Crippen MR) is 101 cm³/mol. The number of esters is 1. The van der Waals surface area contributed by atoms with Gasteiger partial charge in [-0.05, 0) is 50.0 Å². The summed E-state index contributed by atoms with van der Waals surface area (Å²) in [6, 6.07) is 3.61. The number of amides is 3. The van der Waals surface area contributed by atoms with E-state index in [0.717, 1.165) is 5.56 Å². The molecule has 0 aliphatic rings. The Balaban J connectivity index is 2.74. The zero-order valence-corrected chi connectivity index (χ0v) is 16.1. The normalized spacial score (nSPS) is 12.6. The second kappa shape index (κ2) is 10.5. The number of rotatable bonds is 9. The molecule has 1 aromatic carbocycles. The van der Waals surface area contributed by atoms with E-state index < -0.39 is 30.1 Å². The van der Waals surface area contributed by atoms with Crippen LogP contribution in [0, 0.1) is 6.92 Å². The first-order valence-corrected chi connectivity index (χ1v) is 9.38. The Hall–Kier alpha value is -2.42. The highest BCUT2D eigenvalue weighted by molar-refractivity contribution is 7.98. The molecule has 1 rings (SSSR count). The second-order valence-electron chi connectivity index (χ2n) is 5.61. The third kappa shape index (κ3) is 6.83. The first kappa shape index (κ1) is 21.6. The lowest BCUT2D eigenvalue weighted by atomic mass is 10.2. The summed E-state index contributed by atoms with van der Waals surface area (Å²) in [5.74, 6) is -0.0986. The molecule has 0 aliphatic heterocycles. The van der Waals surface area contributed by atoms with E-state index in [1.165, 1.54) is 25.8 Å². The summed E-state index contributed by atoms with van der Waals surface area (Å²) in [7, 11) is 1.50. The highest BCUT2D eigenvalue weighted by Gasteiger charge is 2.26. The third-order valence-corrected chi connectivity index (χ3v) is 4.13. The molecule has 0 bridgehead atoms. The summed E-state index contributed by atoms with van der Waals surface area (Å²) in [5.41, 5.74) is 6.50. The van der Waals surface area contributed by atoms with Crippen LogP contribution in [0.4, 0.5) is 10.5 Å². The maximum absolute atomic E-state index is 12.3. The van der Waals surface area contributed by atoms with Crippen molar-refractivity contribution < 1.29 is 23.9 Å². The smallest absolute Gasteiger partial charge is 0.329 e. The van der Waals surface area contributed by atoms with Crippen LogP contribution < -0.4 is 21.1 Å². The van der Waals surface area contributed by atoms with Gasteiger partial charge in [0.25, 0.3) is 5.91 Å². The third-order valence-electron chi connectivity index (χ3n) is 3.49. The van der Waals surface area contributed by atoms with E-state index in [-0.39, 0.29) is 0 Å². The molecule has 0 saturated carbocycles. The molecular weight excluding hydrogens is 358 g/mol. The lowest BCUT2D eigenvalue weighted by molar-refractivity contribution is -0.155. The van der Waals surface area contributed by atoms with E-state index in [9.17, 15) is 14.4 Å². The summed E-state index contributed by atoms with van der Waals surface area (Å²) >= 11 is 1.51. The molecule has 3 amide bonds. The molecule has 144 valence electrons. The van der Waals surface area contributed by atoms with Crippen molar-refractivity contribution in [2.45, 2.75) is 32.4 Å². The number of hydrogen-bond donors (Lipinski definition) is 3. The van der Waals surface area contributed by atoms with E-state index in [4.69, 9.17) is 15.2 Å². The number of aryl methyl sites for hydroxylation is 1. The van der Waals surface area contributed by atoms with Crippen molar-refractivity contribution in [1.82, 2.24) is 5.32 Å². The molecule has 0 heterocycles. The standard InChI is InChI=1S/C17H25N3O5S/c1-10-5-6-14(24-3)13(9-10)19-15(21)11(2)25-16(22)12(7-8-26-4)20-17(18)23/h5-6,9,11-12H,7-8H2,1-4H3,(H,19,21)(H3,18,20,23)/t11-,12-/m1/s1. The maximum atomic E-state index is 12.3. The van der Waals surface area contributed by atoms with Gasteiger partial charge in [0.05, 0.1) is 12.8 Å². The minimum absolute atomic E-state index is 0.350. The molecule has 0 radical (unpaired) electrons. The van der Waals surface area contributed by atoms with Crippen molar-refractivity contribution in [2.24, 2.45) is 5.73 Å². The quantitative estimate of drug-likeness (QED) is 0.558. The van der Waals surface area contributed by atoms with Gasteiger partial charge in [-0.1, -0.05) is 6.07 Å².